The smallest absolute Gasteiger partial charge is 0.0100 e. The lowest BCUT2D eigenvalue weighted by atomic mass is 10.0. The Morgan fingerprint density at radius 2 is 1.32 bits per heavy atom. The SMILES string of the molecule is CC(C)Pc1cccc2cc3cccc(P(C(C)C)C(C)C)c3cc12. The molecule has 132 valence electrons. The van der Waals surface area contributed by atoms with Crippen molar-refractivity contribution in [1.29, 1.82) is 0 Å². The molecule has 0 aromatic heterocycles. The lowest BCUT2D eigenvalue weighted by molar-refractivity contribution is 1.02. The Labute approximate surface area is 155 Å². The monoisotopic (exact) mass is 368 g/mol. The highest BCUT2D eigenvalue weighted by molar-refractivity contribution is 7.67. The Bertz CT molecular complexity index is 870. The summed E-state index contributed by atoms with van der Waals surface area (Å²) in [6.45, 7) is 14.2. The number of benzene rings is 3. The zero-order chi connectivity index (χ0) is 18.1. The zero-order valence-corrected chi connectivity index (χ0v) is 18.2. The molecule has 3 aromatic rings. The number of rotatable bonds is 5. The molecule has 3 rings (SSSR count). The Hall–Kier alpha value is -0.960. The molecule has 0 amide bonds. The molecule has 1 unspecified atom stereocenters. The molecule has 0 nitrogen and oxygen atoms in total. The van der Waals surface area contributed by atoms with Gasteiger partial charge in [-0.05, 0) is 61.3 Å². The van der Waals surface area contributed by atoms with E-state index in [4.69, 9.17) is 0 Å². The van der Waals surface area contributed by atoms with E-state index in [-0.39, 0.29) is 7.92 Å². The molecule has 0 fully saturated rings. The van der Waals surface area contributed by atoms with Crippen molar-refractivity contribution >= 4 is 48.7 Å². The average Bonchev–Trinajstić information content (AvgIpc) is 2.52. The van der Waals surface area contributed by atoms with Crippen LogP contribution in [-0.4, -0.2) is 17.0 Å². The van der Waals surface area contributed by atoms with E-state index in [9.17, 15) is 0 Å². The summed E-state index contributed by atoms with van der Waals surface area (Å²) in [5.74, 6) is 0. The van der Waals surface area contributed by atoms with Crippen molar-refractivity contribution in [3.8, 4) is 0 Å². The first-order valence-corrected chi connectivity index (χ1v) is 11.9. The summed E-state index contributed by atoms with van der Waals surface area (Å²) in [6, 6.07) is 18.6. The van der Waals surface area contributed by atoms with Crippen LogP contribution in [0, 0.1) is 0 Å². The fraction of sp³-hybridized carbons (Fsp3) is 0.391. The standard InChI is InChI=1S/C23H30P2/c1-15(2)24-22-11-7-9-18-13-19-10-8-12-23(21(19)14-20(18)22)25(16(3)4)17(5)6/h7-17,24H,1-6H3. The van der Waals surface area contributed by atoms with Gasteiger partial charge in [0.25, 0.3) is 0 Å². The van der Waals surface area contributed by atoms with Gasteiger partial charge in [0.05, 0.1) is 0 Å². The van der Waals surface area contributed by atoms with Gasteiger partial charge in [-0.25, -0.2) is 0 Å². The lowest BCUT2D eigenvalue weighted by Crippen LogP contribution is -2.16. The van der Waals surface area contributed by atoms with E-state index in [0.29, 0.717) is 17.0 Å². The van der Waals surface area contributed by atoms with Crippen LogP contribution in [0.4, 0.5) is 0 Å². The van der Waals surface area contributed by atoms with Gasteiger partial charge in [0.1, 0.15) is 0 Å². The fourth-order valence-corrected chi connectivity index (χ4v) is 8.07. The van der Waals surface area contributed by atoms with Crippen LogP contribution in [0.1, 0.15) is 41.5 Å². The second-order valence-corrected chi connectivity index (χ2v) is 13.1. The maximum absolute atomic E-state index is 2.49. The molecule has 0 radical (unpaired) electrons. The quantitative estimate of drug-likeness (QED) is 0.350. The van der Waals surface area contributed by atoms with Crippen molar-refractivity contribution in [2.45, 2.75) is 58.5 Å². The van der Waals surface area contributed by atoms with Crippen LogP contribution < -0.4 is 10.6 Å². The van der Waals surface area contributed by atoms with Gasteiger partial charge >= 0.3 is 0 Å². The molecule has 0 aliphatic rings. The molecule has 0 spiro atoms. The summed E-state index contributed by atoms with van der Waals surface area (Å²) >= 11 is 0. The van der Waals surface area contributed by atoms with E-state index in [2.05, 4.69) is 90.1 Å². The molecule has 0 aliphatic carbocycles. The normalized spacial score (nSPS) is 12.9. The number of hydrogen-bond acceptors (Lipinski definition) is 0. The fourth-order valence-electron chi connectivity index (χ4n) is 3.85. The van der Waals surface area contributed by atoms with Crippen molar-refractivity contribution in [3.05, 3.63) is 48.5 Å². The van der Waals surface area contributed by atoms with Crippen LogP contribution in [-0.2, 0) is 0 Å². The maximum Gasteiger partial charge on any atom is -0.0100 e. The Morgan fingerprint density at radius 1 is 0.720 bits per heavy atom. The van der Waals surface area contributed by atoms with Crippen molar-refractivity contribution in [2.24, 2.45) is 0 Å². The molecule has 0 heterocycles. The first-order chi connectivity index (χ1) is 11.9. The van der Waals surface area contributed by atoms with Crippen LogP contribution in [0.15, 0.2) is 48.5 Å². The van der Waals surface area contributed by atoms with Crippen molar-refractivity contribution in [3.63, 3.8) is 0 Å². The third-order valence-corrected chi connectivity index (χ3v) is 9.19. The van der Waals surface area contributed by atoms with Gasteiger partial charge in [0.15, 0.2) is 0 Å². The van der Waals surface area contributed by atoms with Gasteiger partial charge in [0.2, 0.25) is 0 Å². The lowest BCUT2D eigenvalue weighted by Gasteiger charge is -2.27. The predicted octanol–water partition coefficient (Wildman–Crippen LogP) is 6.63. The highest BCUT2D eigenvalue weighted by atomic mass is 31.1. The highest BCUT2D eigenvalue weighted by Gasteiger charge is 2.21. The molecular formula is C23H30P2. The van der Waals surface area contributed by atoms with Crippen LogP contribution >= 0.6 is 16.5 Å². The topological polar surface area (TPSA) is 0 Å². The molecule has 0 bridgehead atoms. The summed E-state index contributed by atoms with van der Waals surface area (Å²) in [5.41, 5.74) is 2.13. The molecule has 2 heteroatoms. The van der Waals surface area contributed by atoms with Gasteiger partial charge in [-0.2, -0.15) is 0 Å². The van der Waals surface area contributed by atoms with E-state index in [1.807, 2.05) is 0 Å². The summed E-state index contributed by atoms with van der Waals surface area (Å²) in [7, 11) is 0.720. The van der Waals surface area contributed by atoms with E-state index in [1.165, 1.54) is 26.8 Å². The molecule has 0 N–H and O–H groups in total. The Balaban J connectivity index is 2.28. The Kier molecular flexibility index (Phi) is 5.82. The predicted molar refractivity (Wildman–Crippen MR) is 121 cm³/mol. The minimum Gasteiger partial charge on any atom is -0.0871 e. The molecule has 1 atom stereocenters. The third kappa shape index (κ3) is 3.92. The number of hydrogen-bond donors (Lipinski definition) is 0. The van der Waals surface area contributed by atoms with Crippen molar-refractivity contribution in [1.82, 2.24) is 0 Å². The Morgan fingerprint density at radius 3 is 1.92 bits per heavy atom. The molecule has 0 saturated carbocycles. The number of fused-ring (bicyclic) bond motifs is 2. The molecule has 25 heavy (non-hydrogen) atoms. The van der Waals surface area contributed by atoms with Gasteiger partial charge in [0, 0.05) is 0 Å². The summed E-state index contributed by atoms with van der Waals surface area (Å²) in [6.07, 6.45) is 0. The second-order valence-electron chi connectivity index (χ2n) is 7.77. The summed E-state index contributed by atoms with van der Waals surface area (Å²) < 4.78 is 0. The van der Waals surface area contributed by atoms with E-state index in [1.54, 1.807) is 5.30 Å². The minimum absolute atomic E-state index is 0.153. The van der Waals surface area contributed by atoms with E-state index in [0.717, 1.165) is 8.58 Å². The van der Waals surface area contributed by atoms with Crippen LogP contribution in [0.3, 0.4) is 0 Å². The van der Waals surface area contributed by atoms with Crippen LogP contribution in [0.5, 0.6) is 0 Å². The first-order valence-electron chi connectivity index (χ1n) is 9.39. The van der Waals surface area contributed by atoms with E-state index >= 15 is 0 Å². The maximum atomic E-state index is 2.49. The minimum atomic E-state index is -0.153. The second kappa shape index (κ2) is 7.73. The van der Waals surface area contributed by atoms with E-state index < -0.39 is 0 Å². The van der Waals surface area contributed by atoms with Crippen LogP contribution in [0.25, 0.3) is 21.5 Å². The highest BCUT2D eigenvalue weighted by Crippen LogP contribution is 2.46. The largest absolute Gasteiger partial charge is 0.0871 e. The van der Waals surface area contributed by atoms with Gasteiger partial charge in [-0.15, -0.1) is 0 Å². The third-order valence-electron chi connectivity index (χ3n) is 4.69. The molecule has 0 aliphatic heterocycles. The van der Waals surface area contributed by atoms with Crippen LogP contribution in [0.2, 0.25) is 0 Å². The molecule has 0 saturated heterocycles. The van der Waals surface area contributed by atoms with Gasteiger partial charge in [-0.3, -0.25) is 0 Å². The molecular weight excluding hydrogens is 338 g/mol. The first kappa shape index (κ1) is 18.8. The summed E-state index contributed by atoms with van der Waals surface area (Å²) in [5, 5.41) is 8.81. The van der Waals surface area contributed by atoms with Gasteiger partial charge < -0.3 is 0 Å². The zero-order valence-electron chi connectivity index (χ0n) is 16.3. The molecule has 3 aromatic carbocycles. The summed E-state index contributed by atoms with van der Waals surface area (Å²) in [4.78, 5) is 0. The van der Waals surface area contributed by atoms with Gasteiger partial charge in [-0.1, -0.05) is 94.4 Å². The van der Waals surface area contributed by atoms with Crippen molar-refractivity contribution in [2.75, 3.05) is 0 Å². The van der Waals surface area contributed by atoms with Crippen molar-refractivity contribution < 1.29 is 0 Å². The average molecular weight is 368 g/mol.